The maximum atomic E-state index is 14.0. The fraction of sp³-hybridized carbons (Fsp3) is 0.216. The first-order valence-corrected chi connectivity index (χ1v) is 15.7. The zero-order valence-electron chi connectivity index (χ0n) is 27.9. The Balaban J connectivity index is 1.42. The summed E-state index contributed by atoms with van der Waals surface area (Å²) in [7, 11) is 6.59. The van der Waals surface area contributed by atoms with E-state index in [1.165, 1.54) is 0 Å². The molecule has 0 saturated carbocycles. The summed E-state index contributed by atoms with van der Waals surface area (Å²) < 4.78 is 10.5. The summed E-state index contributed by atoms with van der Waals surface area (Å²) in [5, 5.41) is 6.38. The number of anilines is 5. The van der Waals surface area contributed by atoms with Crippen LogP contribution in [0.3, 0.4) is 0 Å². The lowest BCUT2D eigenvalue weighted by Crippen LogP contribution is -2.43. The molecule has 4 aromatic carbocycles. The minimum absolute atomic E-state index is 0.0798. The molecule has 49 heavy (non-hydrogen) atoms. The van der Waals surface area contributed by atoms with Crippen molar-refractivity contribution in [3.05, 3.63) is 120 Å². The first-order chi connectivity index (χ1) is 23.7. The van der Waals surface area contributed by atoms with Crippen molar-refractivity contribution in [2.45, 2.75) is 24.9 Å². The Bertz CT molecular complexity index is 1690. The highest BCUT2D eigenvalue weighted by molar-refractivity contribution is 5.99. The molecule has 0 saturated heterocycles. The quantitative estimate of drug-likeness (QED) is 0.151. The number of nitrogen functional groups attached to an aromatic ring is 1. The minimum Gasteiger partial charge on any atom is -0.497 e. The molecular formula is C37H40N8O4. The fourth-order valence-corrected chi connectivity index (χ4v) is 5.27. The summed E-state index contributed by atoms with van der Waals surface area (Å²) in [6.07, 6.45) is 0.687. The number of rotatable bonds is 14. The molecule has 2 amide bonds. The van der Waals surface area contributed by atoms with Crippen molar-refractivity contribution >= 4 is 41.0 Å². The van der Waals surface area contributed by atoms with Crippen LogP contribution in [0.1, 0.15) is 11.1 Å². The molecule has 0 aliphatic carbocycles. The van der Waals surface area contributed by atoms with Gasteiger partial charge >= 0.3 is 0 Å². The lowest BCUT2D eigenvalue weighted by atomic mass is 10.0. The Morgan fingerprint density at radius 1 is 0.612 bits per heavy atom. The van der Waals surface area contributed by atoms with Gasteiger partial charge in [-0.3, -0.25) is 9.59 Å². The largest absolute Gasteiger partial charge is 0.497 e. The van der Waals surface area contributed by atoms with Gasteiger partial charge in [-0.05, 0) is 59.7 Å². The number of benzene rings is 4. The number of methoxy groups -OCH3 is 2. The fourth-order valence-electron chi connectivity index (χ4n) is 5.27. The third kappa shape index (κ3) is 9.01. The predicted molar refractivity (Wildman–Crippen MR) is 192 cm³/mol. The van der Waals surface area contributed by atoms with E-state index in [1.54, 1.807) is 62.4 Å². The van der Waals surface area contributed by atoms with Crippen LogP contribution >= 0.6 is 0 Å². The Labute approximate surface area is 285 Å². The van der Waals surface area contributed by atoms with Crippen molar-refractivity contribution in [1.29, 1.82) is 0 Å². The van der Waals surface area contributed by atoms with Crippen LogP contribution < -0.4 is 35.6 Å². The van der Waals surface area contributed by atoms with E-state index in [0.717, 1.165) is 11.1 Å². The lowest BCUT2D eigenvalue weighted by molar-refractivity contribution is -0.119. The lowest BCUT2D eigenvalue weighted by Gasteiger charge is -2.26. The van der Waals surface area contributed by atoms with Gasteiger partial charge in [0.15, 0.2) is 0 Å². The number of likely N-dealkylation sites (N-methyl/N-ethyl adjacent to an activating group) is 2. The molecule has 2 atom stereocenters. The van der Waals surface area contributed by atoms with E-state index in [0.29, 0.717) is 35.7 Å². The number of nitrogens with one attached hydrogen (secondary N) is 2. The van der Waals surface area contributed by atoms with Gasteiger partial charge in [0, 0.05) is 38.3 Å². The molecule has 12 nitrogen and oxygen atoms in total. The van der Waals surface area contributed by atoms with E-state index in [9.17, 15) is 9.59 Å². The van der Waals surface area contributed by atoms with Crippen LogP contribution in [0, 0.1) is 0 Å². The number of carbonyl (C=O) groups excluding carboxylic acids is 2. The molecule has 0 unspecified atom stereocenters. The molecule has 1 aromatic heterocycles. The number of hydrogen-bond acceptors (Lipinski definition) is 10. The van der Waals surface area contributed by atoms with Crippen LogP contribution in [-0.4, -0.2) is 67.2 Å². The second-order valence-corrected chi connectivity index (χ2v) is 11.3. The summed E-state index contributed by atoms with van der Waals surface area (Å²) >= 11 is 0. The number of amides is 2. The molecule has 4 N–H and O–H groups in total. The van der Waals surface area contributed by atoms with E-state index in [1.807, 2.05) is 84.9 Å². The molecule has 1 heterocycles. The highest BCUT2D eigenvalue weighted by Gasteiger charge is 2.27. The standard InChI is InChI=1S/C37H40N8O4/c1-44(27-15-19-29(48-3)20-16-27)33(46)31(23-25-11-7-5-8-12-25)39-36-41-35(38)42-37(43-36)40-32(24-26-13-9-6-10-14-26)34(47)45(2)28-17-21-30(49-4)22-18-28/h5-22,31-32H,23-24H2,1-4H3,(H4,38,39,40,41,42,43)/t31-,32-/m0/s1. The maximum Gasteiger partial charge on any atom is 0.249 e. The van der Waals surface area contributed by atoms with Gasteiger partial charge in [0.1, 0.15) is 23.6 Å². The van der Waals surface area contributed by atoms with E-state index < -0.39 is 12.1 Å². The van der Waals surface area contributed by atoms with Crippen LogP contribution in [0.15, 0.2) is 109 Å². The number of aromatic nitrogens is 3. The zero-order valence-corrected chi connectivity index (χ0v) is 27.9. The Morgan fingerprint density at radius 3 is 1.33 bits per heavy atom. The van der Waals surface area contributed by atoms with Gasteiger partial charge in [0.05, 0.1) is 14.2 Å². The molecule has 0 aliphatic rings. The topological polar surface area (TPSA) is 148 Å². The summed E-state index contributed by atoms with van der Waals surface area (Å²) in [4.78, 5) is 44.2. The SMILES string of the molecule is COc1ccc(N(C)C(=O)[C@H](Cc2ccccc2)Nc2nc(N)nc(N[C@@H](Cc3ccccc3)C(=O)N(C)c3ccc(OC)cc3)n2)cc1. The number of ether oxygens (including phenoxy) is 2. The molecule has 0 radical (unpaired) electrons. The van der Waals surface area contributed by atoms with E-state index in [2.05, 4.69) is 25.6 Å². The first-order valence-electron chi connectivity index (χ1n) is 15.7. The third-order valence-electron chi connectivity index (χ3n) is 8.00. The summed E-state index contributed by atoms with van der Waals surface area (Å²) in [5.74, 6) is 1.01. The van der Waals surface area contributed by atoms with Crippen LogP contribution in [0.5, 0.6) is 11.5 Å². The monoisotopic (exact) mass is 660 g/mol. The first kappa shape index (κ1) is 34.2. The second-order valence-electron chi connectivity index (χ2n) is 11.3. The molecule has 252 valence electrons. The average molecular weight is 661 g/mol. The number of nitrogens with zero attached hydrogens (tertiary/aromatic N) is 5. The normalized spacial score (nSPS) is 11.9. The Morgan fingerprint density at radius 2 is 0.980 bits per heavy atom. The van der Waals surface area contributed by atoms with E-state index >= 15 is 0 Å². The maximum absolute atomic E-state index is 14.0. The number of carbonyl (C=O) groups is 2. The average Bonchev–Trinajstić information content (AvgIpc) is 3.13. The summed E-state index contributed by atoms with van der Waals surface area (Å²) in [6, 6.07) is 32.2. The highest BCUT2D eigenvalue weighted by atomic mass is 16.5. The Kier molecular flexibility index (Phi) is 11.2. The number of hydrogen-bond donors (Lipinski definition) is 3. The van der Waals surface area contributed by atoms with Gasteiger partial charge in [-0.25, -0.2) is 0 Å². The van der Waals surface area contributed by atoms with Crippen molar-refractivity contribution in [2.24, 2.45) is 0 Å². The van der Waals surface area contributed by atoms with Crippen LogP contribution in [-0.2, 0) is 22.4 Å². The van der Waals surface area contributed by atoms with Gasteiger partial charge in [-0.1, -0.05) is 60.7 Å². The van der Waals surface area contributed by atoms with Gasteiger partial charge in [0.2, 0.25) is 29.7 Å². The molecule has 0 spiro atoms. The zero-order chi connectivity index (χ0) is 34.8. The minimum atomic E-state index is -0.771. The van der Waals surface area contributed by atoms with E-state index in [4.69, 9.17) is 15.2 Å². The van der Waals surface area contributed by atoms with Gasteiger partial charge in [-0.2, -0.15) is 15.0 Å². The predicted octanol–water partition coefficient (Wildman–Crippen LogP) is 4.84. The van der Waals surface area contributed by atoms with Gasteiger partial charge < -0.3 is 35.6 Å². The van der Waals surface area contributed by atoms with Crippen molar-refractivity contribution in [2.75, 3.05) is 54.5 Å². The van der Waals surface area contributed by atoms with Crippen molar-refractivity contribution in [3.63, 3.8) is 0 Å². The highest BCUT2D eigenvalue weighted by Crippen LogP contribution is 2.23. The van der Waals surface area contributed by atoms with Gasteiger partial charge in [0.25, 0.3) is 0 Å². The number of nitrogens with two attached hydrogens (primary N) is 1. The van der Waals surface area contributed by atoms with Crippen LogP contribution in [0.4, 0.5) is 29.2 Å². The second kappa shape index (κ2) is 16.1. The molecule has 0 bridgehead atoms. The molecule has 5 rings (SSSR count). The smallest absolute Gasteiger partial charge is 0.249 e. The summed E-state index contributed by atoms with van der Waals surface area (Å²) in [5.41, 5.74) is 9.41. The van der Waals surface area contributed by atoms with Gasteiger partial charge in [-0.15, -0.1) is 0 Å². The molecular weight excluding hydrogens is 620 g/mol. The molecule has 0 fully saturated rings. The molecule has 12 heteroatoms. The van der Waals surface area contributed by atoms with E-state index in [-0.39, 0.29) is 29.7 Å². The summed E-state index contributed by atoms with van der Waals surface area (Å²) in [6.45, 7) is 0. The molecule has 0 aliphatic heterocycles. The molecule has 5 aromatic rings. The van der Waals surface area contributed by atoms with Crippen LogP contribution in [0.25, 0.3) is 0 Å². The van der Waals surface area contributed by atoms with Crippen molar-refractivity contribution in [1.82, 2.24) is 15.0 Å². The van der Waals surface area contributed by atoms with Crippen molar-refractivity contribution in [3.8, 4) is 11.5 Å². The third-order valence-corrected chi connectivity index (χ3v) is 8.00. The van der Waals surface area contributed by atoms with Crippen molar-refractivity contribution < 1.29 is 19.1 Å². The Hall–Kier alpha value is -6.17. The van der Waals surface area contributed by atoms with Crippen LogP contribution in [0.2, 0.25) is 0 Å².